The topological polar surface area (TPSA) is 142 Å². The third-order valence-corrected chi connectivity index (χ3v) is 6.68. The Kier molecular flexibility index (Phi) is 12.1. The summed E-state index contributed by atoms with van der Waals surface area (Å²) >= 11 is 0. The summed E-state index contributed by atoms with van der Waals surface area (Å²) in [5.74, 6) is 1.11. The van der Waals surface area contributed by atoms with Gasteiger partial charge >= 0.3 is 0 Å². The molecule has 2 aliphatic rings. The molecule has 1 aromatic heterocycles. The van der Waals surface area contributed by atoms with Gasteiger partial charge in [-0.25, -0.2) is 4.98 Å². The van der Waals surface area contributed by atoms with E-state index < -0.39 is 0 Å². The molecule has 1 aliphatic heterocycles. The molecule has 1 atom stereocenters. The van der Waals surface area contributed by atoms with Crippen molar-refractivity contribution in [2.24, 2.45) is 5.92 Å². The van der Waals surface area contributed by atoms with Gasteiger partial charge in [-0.05, 0) is 62.9 Å². The van der Waals surface area contributed by atoms with Gasteiger partial charge < -0.3 is 30.2 Å². The number of fused-ring (bicyclic) bond motifs is 3. The number of anilines is 3. The number of hydrogen-bond acceptors (Lipinski definition) is 7. The van der Waals surface area contributed by atoms with Crippen molar-refractivity contribution < 1.29 is 19.8 Å². The molecule has 0 radical (unpaired) electrons. The van der Waals surface area contributed by atoms with Crippen molar-refractivity contribution in [3.8, 4) is 6.07 Å². The minimum absolute atomic E-state index is 0.250. The van der Waals surface area contributed by atoms with Crippen LogP contribution < -0.4 is 10.2 Å². The largest absolute Gasteiger partial charge is 0.483 e. The molecule has 1 saturated carbocycles. The number of H-pyrrole nitrogens is 1. The summed E-state index contributed by atoms with van der Waals surface area (Å²) in [6, 6.07) is 14.4. The predicted molar refractivity (Wildman–Crippen MR) is 146 cm³/mol. The number of nitriles is 1. The van der Waals surface area contributed by atoms with Gasteiger partial charge in [0.25, 0.3) is 6.47 Å². The van der Waals surface area contributed by atoms with Gasteiger partial charge in [-0.3, -0.25) is 4.79 Å². The van der Waals surface area contributed by atoms with Gasteiger partial charge in [-0.2, -0.15) is 5.26 Å². The van der Waals surface area contributed by atoms with Gasteiger partial charge in [-0.1, -0.05) is 25.3 Å². The number of nitrogens with zero attached hydrogens (tertiary/aromatic N) is 3. The van der Waals surface area contributed by atoms with Crippen LogP contribution in [-0.2, 0) is 16.0 Å². The standard InChI is InChI=1S/C19H19N5.C7H12O.CH2O2.CH4O/c1-12-6-7-15-17(24(12)2)9-8-16-18(15)23-19(22-16)21-14-5-3-4-13(10-14)11-20;8-6-7-4-2-1-3-5-7;2-1-3;1-2/h3-5,8-10,12H,6-7H2,1-2H3,(H2,21,22,23);6-7H,1-5H2;1H,(H,2,3);2H,1H3. The molecule has 1 aliphatic carbocycles. The first-order valence-electron chi connectivity index (χ1n) is 12.5. The van der Waals surface area contributed by atoms with Crippen LogP contribution in [0.2, 0.25) is 0 Å². The van der Waals surface area contributed by atoms with E-state index in [4.69, 9.17) is 25.3 Å². The van der Waals surface area contributed by atoms with Crippen molar-refractivity contribution in [1.29, 1.82) is 5.26 Å². The number of aliphatic hydroxyl groups is 1. The van der Waals surface area contributed by atoms with Gasteiger partial charge in [0.15, 0.2) is 0 Å². The Morgan fingerprint density at radius 1 is 1.14 bits per heavy atom. The Bertz CT molecular complexity index is 1180. The average molecular weight is 508 g/mol. The second kappa shape index (κ2) is 15.3. The Morgan fingerprint density at radius 2 is 1.84 bits per heavy atom. The first-order chi connectivity index (χ1) is 18.0. The lowest BCUT2D eigenvalue weighted by atomic mass is 9.91. The van der Waals surface area contributed by atoms with E-state index in [2.05, 4.69) is 47.4 Å². The number of carbonyl (C=O) groups excluding carboxylic acids is 1. The number of carbonyl (C=O) groups is 2. The molecule has 0 bridgehead atoms. The number of aryl methyl sites for hydroxylation is 1. The second-order valence-electron chi connectivity index (χ2n) is 9.00. The molecule has 37 heavy (non-hydrogen) atoms. The van der Waals surface area contributed by atoms with Crippen molar-refractivity contribution in [2.45, 2.75) is 57.9 Å². The molecule has 4 N–H and O–H groups in total. The fourth-order valence-electron chi connectivity index (χ4n) is 4.62. The molecule has 0 spiro atoms. The van der Waals surface area contributed by atoms with Crippen LogP contribution in [0.3, 0.4) is 0 Å². The lowest BCUT2D eigenvalue weighted by Gasteiger charge is -2.33. The van der Waals surface area contributed by atoms with Crippen LogP contribution in [0.25, 0.3) is 11.0 Å². The highest BCUT2D eigenvalue weighted by Crippen LogP contribution is 2.35. The van der Waals surface area contributed by atoms with E-state index >= 15 is 0 Å². The van der Waals surface area contributed by atoms with Gasteiger partial charge in [0.05, 0.1) is 22.7 Å². The summed E-state index contributed by atoms with van der Waals surface area (Å²) in [4.78, 5) is 28.9. The summed E-state index contributed by atoms with van der Waals surface area (Å²) in [7, 11) is 3.15. The monoisotopic (exact) mass is 507 g/mol. The molecule has 1 unspecified atom stereocenters. The van der Waals surface area contributed by atoms with Crippen LogP contribution in [0.15, 0.2) is 36.4 Å². The summed E-state index contributed by atoms with van der Waals surface area (Å²) in [5.41, 5.74) is 6.13. The molecule has 9 nitrogen and oxygen atoms in total. The smallest absolute Gasteiger partial charge is 0.290 e. The molecule has 2 aromatic carbocycles. The fourth-order valence-corrected chi connectivity index (χ4v) is 4.62. The number of aromatic amines is 1. The number of imidazole rings is 1. The van der Waals surface area contributed by atoms with E-state index in [0.29, 0.717) is 23.5 Å². The van der Waals surface area contributed by atoms with E-state index in [-0.39, 0.29) is 6.47 Å². The van der Waals surface area contributed by atoms with Crippen molar-refractivity contribution in [3.63, 3.8) is 0 Å². The van der Waals surface area contributed by atoms with Crippen molar-refractivity contribution in [2.75, 3.05) is 24.4 Å². The molecule has 0 amide bonds. The number of aldehydes is 1. The first-order valence-corrected chi connectivity index (χ1v) is 12.5. The average Bonchev–Trinajstić information content (AvgIpc) is 3.36. The molecule has 0 saturated heterocycles. The van der Waals surface area contributed by atoms with Crippen molar-refractivity contribution >= 4 is 41.1 Å². The number of hydrogen-bond donors (Lipinski definition) is 4. The molecule has 3 aromatic rings. The molecular weight excluding hydrogens is 470 g/mol. The quantitative estimate of drug-likeness (QED) is 0.362. The molecule has 198 valence electrons. The SMILES string of the molecule is CC1CCc2c(ccc3[nH]c(Nc4cccc(C#N)c4)nc23)N1C.CO.O=CC1CCCCC1.O=CO. The zero-order valence-corrected chi connectivity index (χ0v) is 21.8. The number of nitrogens with one attached hydrogen (secondary N) is 2. The maximum absolute atomic E-state index is 10.2. The summed E-state index contributed by atoms with van der Waals surface area (Å²) in [5, 5.41) is 26.2. The highest BCUT2D eigenvalue weighted by atomic mass is 16.3. The number of carboxylic acid groups (broad SMARTS) is 1. The molecule has 1 fully saturated rings. The lowest BCUT2D eigenvalue weighted by molar-refractivity contribution is -0.122. The van der Waals surface area contributed by atoms with Crippen LogP contribution in [-0.4, -0.2) is 53.1 Å². The van der Waals surface area contributed by atoms with E-state index in [1.807, 2.05) is 18.2 Å². The third-order valence-electron chi connectivity index (χ3n) is 6.68. The number of aromatic nitrogens is 2. The van der Waals surface area contributed by atoms with Crippen molar-refractivity contribution in [3.05, 3.63) is 47.5 Å². The molecule has 2 heterocycles. The highest BCUT2D eigenvalue weighted by Gasteiger charge is 2.23. The number of rotatable bonds is 3. The van der Waals surface area contributed by atoms with E-state index in [9.17, 15) is 4.79 Å². The Labute approximate surface area is 218 Å². The van der Waals surface area contributed by atoms with E-state index in [1.165, 1.54) is 30.5 Å². The Morgan fingerprint density at radius 3 is 2.46 bits per heavy atom. The fraction of sp³-hybridized carbons (Fsp3) is 0.429. The van der Waals surface area contributed by atoms with Crippen molar-refractivity contribution in [1.82, 2.24) is 9.97 Å². The number of aliphatic hydroxyl groups excluding tert-OH is 1. The molecule has 5 rings (SSSR count). The van der Waals surface area contributed by atoms with Gasteiger partial charge in [0.2, 0.25) is 5.95 Å². The van der Waals surface area contributed by atoms with E-state index in [1.54, 1.807) is 6.07 Å². The first kappa shape index (κ1) is 29.3. The van der Waals surface area contributed by atoms with Gasteiger partial charge in [-0.15, -0.1) is 0 Å². The van der Waals surface area contributed by atoms with Gasteiger partial charge in [0, 0.05) is 43.1 Å². The predicted octanol–water partition coefficient (Wildman–Crippen LogP) is 5.02. The van der Waals surface area contributed by atoms with Crippen LogP contribution in [0, 0.1) is 17.2 Å². The summed E-state index contributed by atoms with van der Waals surface area (Å²) < 4.78 is 0. The number of benzene rings is 2. The summed E-state index contributed by atoms with van der Waals surface area (Å²) in [6.07, 6.45) is 9.46. The summed E-state index contributed by atoms with van der Waals surface area (Å²) in [6.45, 7) is 2.01. The van der Waals surface area contributed by atoms with Crippen LogP contribution >= 0.6 is 0 Å². The second-order valence-corrected chi connectivity index (χ2v) is 9.00. The third kappa shape index (κ3) is 8.05. The lowest BCUT2D eigenvalue weighted by Crippen LogP contribution is -2.33. The molecule has 9 heteroatoms. The molecular formula is C28H37N5O4. The minimum Gasteiger partial charge on any atom is -0.483 e. The maximum Gasteiger partial charge on any atom is 0.290 e. The zero-order chi connectivity index (χ0) is 27.2. The van der Waals surface area contributed by atoms with Crippen LogP contribution in [0.4, 0.5) is 17.3 Å². The van der Waals surface area contributed by atoms with Crippen LogP contribution in [0.1, 0.15) is 56.6 Å². The van der Waals surface area contributed by atoms with Crippen LogP contribution in [0.5, 0.6) is 0 Å². The maximum atomic E-state index is 10.2. The highest BCUT2D eigenvalue weighted by molar-refractivity contribution is 5.87. The Balaban J connectivity index is 0.000000309. The van der Waals surface area contributed by atoms with E-state index in [0.717, 1.165) is 55.8 Å². The van der Waals surface area contributed by atoms with Gasteiger partial charge in [0.1, 0.15) is 6.29 Å². The Hall–Kier alpha value is -3.90. The zero-order valence-electron chi connectivity index (χ0n) is 21.8. The minimum atomic E-state index is -0.250. The normalized spacial score (nSPS) is 16.3.